The summed E-state index contributed by atoms with van der Waals surface area (Å²) in [5, 5.41) is 8.57. The van der Waals surface area contributed by atoms with E-state index in [9.17, 15) is 4.79 Å². The molecular weight excluding hydrogens is 234 g/mol. The van der Waals surface area contributed by atoms with Crippen molar-refractivity contribution in [2.75, 3.05) is 0 Å². The van der Waals surface area contributed by atoms with E-state index in [0.717, 1.165) is 11.3 Å². The van der Waals surface area contributed by atoms with E-state index in [1.165, 1.54) is 6.07 Å². The maximum atomic E-state index is 11.0. The zero-order chi connectivity index (χ0) is 12.3. The Morgan fingerprint density at radius 1 is 1.29 bits per heavy atom. The summed E-state index contributed by atoms with van der Waals surface area (Å²) in [6.45, 7) is 0. The van der Waals surface area contributed by atoms with Crippen molar-refractivity contribution >= 4 is 12.2 Å². The number of aromatic amines is 1. The maximum Gasteiger partial charge on any atom is 0.251 e. The molecule has 4 nitrogen and oxygen atoms in total. The second-order valence-corrected chi connectivity index (χ2v) is 3.87. The third kappa shape index (κ3) is 2.49. The number of nitrogens with one attached hydrogen (secondary N) is 1. The number of H-pyrrole nitrogens is 1. The van der Waals surface area contributed by atoms with Gasteiger partial charge in [-0.05, 0) is 29.9 Å². The lowest BCUT2D eigenvalue weighted by atomic mass is 10.1. The molecule has 0 bridgehead atoms. The van der Waals surface area contributed by atoms with Crippen LogP contribution in [0.25, 0.3) is 5.69 Å². The van der Waals surface area contributed by atoms with E-state index in [4.69, 9.17) is 17.5 Å². The number of hydrogen-bond donors (Lipinski definition) is 1. The first kappa shape index (κ1) is 11.3. The molecule has 17 heavy (non-hydrogen) atoms. The van der Waals surface area contributed by atoms with Crippen LogP contribution in [0.5, 0.6) is 0 Å². The lowest BCUT2D eigenvalue weighted by molar-refractivity contribution is 0.936. The Morgan fingerprint density at radius 3 is 2.59 bits per heavy atom. The van der Waals surface area contributed by atoms with Gasteiger partial charge in [-0.3, -0.25) is 14.3 Å². The summed E-state index contributed by atoms with van der Waals surface area (Å²) in [6.07, 6.45) is 2.01. The van der Waals surface area contributed by atoms with Gasteiger partial charge in [0.25, 0.3) is 5.56 Å². The first-order chi connectivity index (χ1) is 8.20. The summed E-state index contributed by atoms with van der Waals surface area (Å²) in [4.78, 5) is 13.6. The van der Waals surface area contributed by atoms with Crippen molar-refractivity contribution in [2.45, 2.75) is 6.42 Å². The second kappa shape index (κ2) is 4.76. The fourth-order valence-corrected chi connectivity index (χ4v) is 1.75. The van der Waals surface area contributed by atoms with Crippen molar-refractivity contribution in [2.24, 2.45) is 0 Å². The first-order valence-corrected chi connectivity index (χ1v) is 5.40. The van der Waals surface area contributed by atoms with Gasteiger partial charge in [-0.15, -0.1) is 0 Å². The van der Waals surface area contributed by atoms with Crippen molar-refractivity contribution in [3.63, 3.8) is 0 Å². The predicted molar refractivity (Wildman–Crippen MR) is 66.5 cm³/mol. The third-order valence-corrected chi connectivity index (χ3v) is 2.62. The van der Waals surface area contributed by atoms with Gasteiger partial charge < -0.3 is 0 Å². The maximum absolute atomic E-state index is 11.0. The minimum Gasteiger partial charge on any atom is -0.299 e. The Balaban J connectivity index is 2.44. The summed E-state index contributed by atoms with van der Waals surface area (Å²) >= 11 is 5.06. The lowest BCUT2D eigenvalue weighted by Gasteiger charge is -2.06. The molecule has 0 saturated carbocycles. The van der Waals surface area contributed by atoms with E-state index in [0.29, 0.717) is 11.2 Å². The number of aromatic nitrogens is 2. The molecule has 2 aromatic rings. The van der Waals surface area contributed by atoms with E-state index in [1.54, 1.807) is 10.8 Å². The summed E-state index contributed by atoms with van der Waals surface area (Å²) in [5.41, 5.74) is 1.59. The van der Waals surface area contributed by atoms with Crippen LogP contribution in [-0.2, 0) is 6.42 Å². The van der Waals surface area contributed by atoms with E-state index >= 15 is 0 Å². The minimum atomic E-state index is -0.215. The van der Waals surface area contributed by atoms with Gasteiger partial charge in [-0.2, -0.15) is 5.26 Å². The van der Waals surface area contributed by atoms with Crippen LogP contribution >= 0.6 is 12.2 Å². The zero-order valence-electron chi connectivity index (χ0n) is 8.88. The number of hydrogen-bond acceptors (Lipinski definition) is 3. The van der Waals surface area contributed by atoms with Gasteiger partial charge in [0.2, 0.25) is 0 Å². The van der Waals surface area contributed by atoms with Crippen LogP contribution in [-0.4, -0.2) is 9.55 Å². The van der Waals surface area contributed by atoms with Gasteiger partial charge in [-0.25, -0.2) is 0 Å². The minimum absolute atomic E-state index is 0.215. The van der Waals surface area contributed by atoms with Gasteiger partial charge in [0.05, 0.1) is 12.5 Å². The quantitative estimate of drug-likeness (QED) is 0.820. The average Bonchev–Trinajstić information content (AvgIpc) is 2.31. The fraction of sp³-hybridized carbons (Fsp3) is 0.0833. The van der Waals surface area contributed by atoms with Crippen molar-refractivity contribution in [3.8, 4) is 11.8 Å². The molecule has 0 unspecified atom stereocenters. The van der Waals surface area contributed by atoms with Crippen LogP contribution < -0.4 is 5.56 Å². The molecular formula is C12H9N3OS. The molecule has 0 amide bonds. The molecule has 0 fully saturated rings. The van der Waals surface area contributed by atoms with Crippen LogP contribution in [0.3, 0.4) is 0 Å². The topological polar surface area (TPSA) is 61.6 Å². The Kier molecular flexibility index (Phi) is 3.17. The van der Waals surface area contributed by atoms with Gasteiger partial charge in [0.1, 0.15) is 0 Å². The third-order valence-electron chi connectivity index (χ3n) is 2.32. The summed E-state index contributed by atoms with van der Waals surface area (Å²) in [6, 6.07) is 11.0. The van der Waals surface area contributed by atoms with Gasteiger partial charge in [0.15, 0.2) is 4.77 Å². The van der Waals surface area contributed by atoms with Crippen LogP contribution in [0.2, 0.25) is 0 Å². The Morgan fingerprint density at radius 2 is 2.00 bits per heavy atom. The van der Waals surface area contributed by atoms with Crippen LogP contribution in [0.4, 0.5) is 0 Å². The molecule has 0 spiro atoms. The monoisotopic (exact) mass is 243 g/mol. The molecule has 84 valence electrons. The first-order valence-electron chi connectivity index (χ1n) is 4.99. The van der Waals surface area contributed by atoms with Crippen LogP contribution in [0.1, 0.15) is 5.56 Å². The number of nitriles is 1. The van der Waals surface area contributed by atoms with Gasteiger partial charge in [-0.1, -0.05) is 12.1 Å². The Hall–Kier alpha value is -2.19. The second-order valence-electron chi connectivity index (χ2n) is 3.48. The Labute approximate surface area is 103 Å². The number of benzene rings is 1. The largest absolute Gasteiger partial charge is 0.299 e. The number of rotatable bonds is 2. The van der Waals surface area contributed by atoms with E-state index in [1.807, 2.05) is 24.3 Å². The van der Waals surface area contributed by atoms with Crippen LogP contribution in [0, 0.1) is 16.1 Å². The summed E-state index contributed by atoms with van der Waals surface area (Å²) < 4.78 is 2.05. The van der Waals surface area contributed by atoms with Crippen molar-refractivity contribution < 1.29 is 0 Å². The van der Waals surface area contributed by atoms with Crippen molar-refractivity contribution in [1.29, 1.82) is 5.26 Å². The Bertz CT molecular complexity index is 676. The predicted octanol–water partition coefficient (Wildman–Crippen LogP) is 1.96. The normalized spacial score (nSPS) is 9.82. The highest BCUT2D eigenvalue weighted by molar-refractivity contribution is 7.71. The molecule has 0 aliphatic rings. The molecule has 0 saturated heterocycles. The molecule has 1 aromatic carbocycles. The van der Waals surface area contributed by atoms with Crippen molar-refractivity contribution in [3.05, 3.63) is 57.2 Å². The standard InChI is InChI=1S/C12H9N3OS/c13-7-5-9-1-3-10(4-2-9)15-8-6-11(16)14-12(15)17/h1-4,6,8H,5H2,(H,14,16,17). The highest BCUT2D eigenvalue weighted by atomic mass is 32.1. The van der Waals surface area contributed by atoms with Gasteiger partial charge >= 0.3 is 0 Å². The van der Waals surface area contributed by atoms with Crippen LogP contribution in [0.15, 0.2) is 41.3 Å². The van der Waals surface area contributed by atoms with E-state index in [2.05, 4.69) is 11.1 Å². The van der Waals surface area contributed by atoms with Gasteiger partial charge in [0, 0.05) is 18.0 Å². The fourth-order valence-electron chi connectivity index (χ4n) is 1.49. The summed E-state index contributed by atoms with van der Waals surface area (Å²) in [5.74, 6) is 0. The molecule has 2 rings (SSSR count). The highest BCUT2D eigenvalue weighted by Crippen LogP contribution is 2.09. The van der Waals surface area contributed by atoms with E-state index < -0.39 is 0 Å². The molecule has 0 atom stereocenters. The molecule has 0 aliphatic carbocycles. The SMILES string of the molecule is N#CCc1ccc(-n2ccc(=O)[nH]c2=S)cc1. The molecule has 1 heterocycles. The molecule has 1 N–H and O–H groups in total. The van der Waals surface area contributed by atoms with E-state index in [-0.39, 0.29) is 5.56 Å². The average molecular weight is 243 g/mol. The zero-order valence-corrected chi connectivity index (χ0v) is 9.70. The molecule has 1 aromatic heterocycles. The highest BCUT2D eigenvalue weighted by Gasteiger charge is 1.98. The number of nitrogens with zero attached hydrogens (tertiary/aromatic N) is 2. The molecule has 0 aliphatic heterocycles. The molecule has 0 radical (unpaired) electrons. The van der Waals surface area contributed by atoms with Crippen molar-refractivity contribution in [1.82, 2.24) is 9.55 Å². The smallest absolute Gasteiger partial charge is 0.251 e. The molecule has 5 heteroatoms. The summed E-state index contributed by atoms with van der Waals surface area (Å²) in [7, 11) is 0. The lowest BCUT2D eigenvalue weighted by Crippen LogP contribution is -2.09.